The van der Waals surface area contributed by atoms with Crippen LogP contribution in [-0.4, -0.2) is 90.2 Å². The highest BCUT2D eigenvalue weighted by Crippen LogP contribution is 2.32. The maximum atomic E-state index is 13.3. The number of nitriles is 1. The van der Waals surface area contributed by atoms with Crippen molar-refractivity contribution in [2.45, 2.75) is 19.4 Å². The number of carbonyl (C=O) groups is 2. The molecular formula is C25H30N8O3S. The molecule has 0 atom stereocenters. The number of fused-ring (bicyclic) bond motifs is 1. The summed E-state index contributed by atoms with van der Waals surface area (Å²) >= 11 is 1.80. The highest BCUT2D eigenvalue weighted by Gasteiger charge is 2.29. The van der Waals surface area contributed by atoms with E-state index in [1.165, 1.54) is 6.20 Å². The Morgan fingerprint density at radius 1 is 1.27 bits per heavy atom. The van der Waals surface area contributed by atoms with Gasteiger partial charge in [-0.25, -0.2) is 9.78 Å². The average Bonchev–Trinajstić information content (AvgIpc) is 3.44. The van der Waals surface area contributed by atoms with Crippen LogP contribution in [0.2, 0.25) is 0 Å². The second-order valence-corrected chi connectivity index (χ2v) is 10.5. The molecule has 5 heterocycles. The minimum Gasteiger partial charge on any atom is -0.481 e. The Morgan fingerprint density at radius 3 is 2.86 bits per heavy atom. The van der Waals surface area contributed by atoms with Gasteiger partial charge in [0.2, 0.25) is 11.8 Å². The van der Waals surface area contributed by atoms with Crippen molar-refractivity contribution in [1.82, 2.24) is 19.8 Å². The molecule has 2 aromatic rings. The molecular weight excluding hydrogens is 492 g/mol. The lowest BCUT2D eigenvalue weighted by molar-refractivity contribution is -0.136. The van der Waals surface area contributed by atoms with E-state index in [0.717, 1.165) is 54.4 Å². The summed E-state index contributed by atoms with van der Waals surface area (Å²) in [5.41, 5.74) is 3.05. The van der Waals surface area contributed by atoms with Crippen molar-refractivity contribution in [3.05, 3.63) is 35.0 Å². The monoisotopic (exact) mass is 522 g/mol. The van der Waals surface area contributed by atoms with Crippen LogP contribution in [0.25, 0.3) is 0 Å². The van der Waals surface area contributed by atoms with E-state index < -0.39 is 0 Å². The zero-order valence-electron chi connectivity index (χ0n) is 21.1. The lowest BCUT2D eigenvalue weighted by Crippen LogP contribution is -2.48. The maximum Gasteiger partial charge on any atom is 0.328 e. The number of nitrogens with zero attached hydrogens (tertiary/aromatic N) is 7. The summed E-state index contributed by atoms with van der Waals surface area (Å²) in [6, 6.07) is 5.63. The van der Waals surface area contributed by atoms with E-state index in [9.17, 15) is 14.9 Å². The summed E-state index contributed by atoms with van der Waals surface area (Å²) in [6.07, 6.45) is 3.08. The minimum absolute atomic E-state index is 0.0799. The average molecular weight is 523 g/mol. The third-order valence-corrected chi connectivity index (χ3v) is 7.81. The van der Waals surface area contributed by atoms with Gasteiger partial charge in [0.05, 0.1) is 37.3 Å². The lowest BCUT2D eigenvalue weighted by Gasteiger charge is -2.33. The van der Waals surface area contributed by atoms with Crippen LogP contribution in [0.4, 0.5) is 22.1 Å². The molecule has 0 saturated carbocycles. The van der Waals surface area contributed by atoms with E-state index in [1.807, 2.05) is 22.9 Å². The normalized spacial score (nSPS) is 18.0. The number of piperazine rings is 1. The van der Waals surface area contributed by atoms with E-state index in [2.05, 4.69) is 21.3 Å². The van der Waals surface area contributed by atoms with Crippen molar-refractivity contribution in [1.29, 1.82) is 5.26 Å². The molecule has 2 fully saturated rings. The van der Waals surface area contributed by atoms with Crippen molar-refractivity contribution in [2.75, 3.05) is 73.6 Å². The van der Waals surface area contributed by atoms with Crippen molar-refractivity contribution in [3.8, 4) is 11.9 Å². The molecule has 0 spiro atoms. The number of ether oxygens (including phenoxy) is 1. The van der Waals surface area contributed by atoms with Crippen LogP contribution >= 0.6 is 11.8 Å². The molecule has 3 amide bonds. The molecule has 0 aromatic carbocycles. The molecule has 37 heavy (non-hydrogen) atoms. The minimum atomic E-state index is -0.337. The van der Waals surface area contributed by atoms with Crippen LogP contribution in [0.1, 0.15) is 23.1 Å². The van der Waals surface area contributed by atoms with Crippen LogP contribution in [-0.2, 0) is 17.8 Å². The molecule has 0 aliphatic carbocycles. The summed E-state index contributed by atoms with van der Waals surface area (Å²) in [5.74, 6) is 3.24. The molecule has 1 N–H and O–H groups in total. The number of aryl methyl sites for hydroxylation is 1. The molecule has 0 unspecified atom stereocenters. The molecule has 0 bridgehead atoms. The van der Waals surface area contributed by atoms with Gasteiger partial charge < -0.3 is 14.5 Å². The lowest BCUT2D eigenvalue weighted by atomic mass is 10.0. The highest BCUT2D eigenvalue weighted by molar-refractivity contribution is 7.99. The fourth-order valence-corrected chi connectivity index (χ4v) is 5.82. The first-order valence-electron chi connectivity index (χ1n) is 12.3. The number of pyridine rings is 2. The van der Waals surface area contributed by atoms with Crippen LogP contribution in [0, 0.1) is 11.3 Å². The van der Waals surface area contributed by atoms with Crippen LogP contribution in [0.15, 0.2) is 18.3 Å². The van der Waals surface area contributed by atoms with Gasteiger partial charge in [0.15, 0.2) is 0 Å². The van der Waals surface area contributed by atoms with Crippen molar-refractivity contribution in [2.24, 2.45) is 0 Å². The molecule has 194 valence electrons. The quantitative estimate of drug-likeness (QED) is 0.630. The summed E-state index contributed by atoms with van der Waals surface area (Å²) in [5, 5.41) is 12.4. The first-order valence-corrected chi connectivity index (χ1v) is 13.5. The molecule has 3 aliphatic rings. The van der Waals surface area contributed by atoms with E-state index in [0.29, 0.717) is 49.3 Å². The largest absolute Gasteiger partial charge is 0.481 e. The third kappa shape index (κ3) is 5.28. The number of amides is 3. The number of likely N-dealkylation sites (N-methyl/N-ethyl adjacent to an activating group) is 1. The maximum absolute atomic E-state index is 13.3. The zero-order valence-corrected chi connectivity index (χ0v) is 21.9. The SMILES string of the molecule is COc1nc2c(cc1CN1CCN(C)CC1=O)CCCN2C(=O)Nc1cc(N2CCSC2)c(C#N)cn1. The number of urea groups is 1. The van der Waals surface area contributed by atoms with Crippen molar-refractivity contribution in [3.63, 3.8) is 0 Å². The summed E-state index contributed by atoms with van der Waals surface area (Å²) in [6.45, 7) is 3.66. The Bertz CT molecular complexity index is 1240. The molecule has 0 radical (unpaired) electrons. The number of methoxy groups -OCH3 is 1. The van der Waals surface area contributed by atoms with Gasteiger partial charge in [-0.2, -0.15) is 10.2 Å². The number of carbonyl (C=O) groups excluding carboxylic acids is 2. The van der Waals surface area contributed by atoms with E-state index >= 15 is 0 Å². The standard InChI is InChI=1S/C25H30N8O3S/c1-30-6-7-31(22(34)15-30)14-18-10-17-4-3-5-33(23(17)29-24(18)36-2)25(35)28-21-11-20(19(12-26)13-27-21)32-8-9-37-16-32/h10-11,13H,3-9,14-16H2,1-2H3,(H,27,28,35). The molecule has 2 aromatic heterocycles. The Labute approximate surface area is 220 Å². The Hall–Kier alpha value is -3.56. The first kappa shape index (κ1) is 25.1. The van der Waals surface area contributed by atoms with Gasteiger partial charge in [0.25, 0.3) is 0 Å². The number of aromatic nitrogens is 2. The number of anilines is 3. The van der Waals surface area contributed by atoms with Gasteiger partial charge in [-0.1, -0.05) is 0 Å². The fraction of sp³-hybridized carbons (Fsp3) is 0.480. The summed E-state index contributed by atoms with van der Waals surface area (Å²) in [7, 11) is 3.49. The van der Waals surface area contributed by atoms with Gasteiger partial charge in [0, 0.05) is 49.8 Å². The predicted octanol–water partition coefficient (Wildman–Crippen LogP) is 2.13. The van der Waals surface area contributed by atoms with Crippen LogP contribution < -0.4 is 19.9 Å². The zero-order chi connectivity index (χ0) is 25.9. The number of rotatable bonds is 5. The molecule has 12 heteroatoms. The van der Waals surface area contributed by atoms with E-state index in [1.54, 1.807) is 29.8 Å². The van der Waals surface area contributed by atoms with Gasteiger partial charge in [-0.05, 0) is 31.5 Å². The second kappa shape index (κ2) is 10.8. The smallest absolute Gasteiger partial charge is 0.328 e. The molecule has 3 aliphatic heterocycles. The topological polar surface area (TPSA) is 118 Å². The van der Waals surface area contributed by atoms with Crippen molar-refractivity contribution < 1.29 is 14.3 Å². The van der Waals surface area contributed by atoms with Crippen LogP contribution in [0.5, 0.6) is 5.88 Å². The Kier molecular flexibility index (Phi) is 7.34. The number of thioether (sulfide) groups is 1. The first-order chi connectivity index (χ1) is 18.0. The van der Waals surface area contributed by atoms with Crippen LogP contribution in [0.3, 0.4) is 0 Å². The Morgan fingerprint density at radius 2 is 2.14 bits per heavy atom. The van der Waals surface area contributed by atoms with Gasteiger partial charge >= 0.3 is 6.03 Å². The van der Waals surface area contributed by atoms with Gasteiger partial charge in [0.1, 0.15) is 17.7 Å². The molecule has 2 saturated heterocycles. The van der Waals surface area contributed by atoms with E-state index in [4.69, 9.17) is 9.72 Å². The number of hydrogen-bond donors (Lipinski definition) is 1. The number of hydrogen-bond acceptors (Lipinski definition) is 9. The summed E-state index contributed by atoms with van der Waals surface area (Å²) < 4.78 is 5.59. The second-order valence-electron chi connectivity index (χ2n) is 9.38. The predicted molar refractivity (Wildman–Crippen MR) is 142 cm³/mol. The summed E-state index contributed by atoms with van der Waals surface area (Å²) in [4.78, 5) is 42.4. The number of nitrogens with one attached hydrogen (secondary N) is 1. The third-order valence-electron chi connectivity index (χ3n) is 6.84. The molecule has 5 rings (SSSR count). The fourth-order valence-electron chi connectivity index (χ4n) is 4.86. The highest BCUT2D eigenvalue weighted by atomic mass is 32.2. The molecule has 11 nitrogen and oxygen atoms in total. The van der Waals surface area contributed by atoms with Gasteiger partial charge in [-0.15, -0.1) is 11.8 Å². The van der Waals surface area contributed by atoms with Crippen molar-refractivity contribution >= 4 is 41.0 Å². The Balaban J connectivity index is 1.36. The van der Waals surface area contributed by atoms with E-state index in [-0.39, 0.29) is 11.9 Å². The van der Waals surface area contributed by atoms with Gasteiger partial charge in [-0.3, -0.25) is 19.9 Å².